The van der Waals surface area contributed by atoms with E-state index in [0.29, 0.717) is 0 Å². The summed E-state index contributed by atoms with van der Waals surface area (Å²) in [5.74, 6) is 0.856. The molecule has 2 aromatic carbocycles. The van der Waals surface area contributed by atoms with E-state index in [4.69, 9.17) is 4.74 Å². The molecule has 0 amide bonds. The van der Waals surface area contributed by atoms with Crippen molar-refractivity contribution in [3.05, 3.63) is 63.1 Å². The highest BCUT2D eigenvalue weighted by Crippen LogP contribution is 2.47. The number of aldehydes is 1. The van der Waals surface area contributed by atoms with E-state index in [1.807, 2.05) is 12.1 Å². The minimum atomic E-state index is -0.179. The largest absolute Gasteiger partial charge is 0.497 e. The molecule has 1 aliphatic heterocycles. The van der Waals surface area contributed by atoms with E-state index < -0.39 is 0 Å². The number of carbonyl (C=O) groups excluding carboxylic acids is 1. The van der Waals surface area contributed by atoms with E-state index in [9.17, 15) is 4.79 Å². The van der Waals surface area contributed by atoms with Crippen molar-refractivity contribution >= 4 is 22.2 Å². The fraction of sp³-hybridized carbons (Fsp3) is 0.435. The molecule has 0 radical (unpaired) electrons. The quantitative estimate of drug-likeness (QED) is 0.372. The summed E-state index contributed by atoms with van der Waals surface area (Å²) in [6, 6.07) is 12.6. The number of benzene rings is 2. The zero-order valence-electron chi connectivity index (χ0n) is 16.4. The van der Waals surface area contributed by atoms with Gasteiger partial charge >= 0.3 is 0 Å². The number of methoxy groups -OCH3 is 1. The predicted molar refractivity (Wildman–Crippen MR) is 113 cm³/mol. The van der Waals surface area contributed by atoms with Gasteiger partial charge in [0, 0.05) is 17.1 Å². The summed E-state index contributed by atoms with van der Waals surface area (Å²) in [5.41, 5.74) is 4.90. The Morgan fingerprint density at radius 1 is 1.19 bits per heavy atom. The van der Waals surface area contributed by atoms with Crippen LogP contribution in [0.4, 0.5) is 0 Å². The molecular formula is C23H28BrNO2. The van der Waals surface area contributed by atoms with Gasteiger partial charge < -0.3 is 9.53 Å². The summed E-state index contributed by atoms with van der Waals surface area (Å²) >= 11 is 3.65. The van der Waals surface area contributed by atoms with Crippen molar-refractivity contribution in [2.24, 2.45) is 0 Å². The molecule has 0 fully saturated rings. The van der Waals surface area contributed by atoms with Crippen molar-refractivity contribution < 1.29 is 9.53 Å². The van der Waals surface area contributed by atoms with Crippen molar-refractivity contribution in [1.29, 1.82) is 0 Å². The first kappa shape index (κ1) is 20.1. The van der Waals surface area contributed by atoms with Gasteiger partial charge in [-0.1, -0.05) is 54.2 Å². The minimum Gasteiger partial charge on any atom is -0.497 e. The maximum Gasteiger partial charge on any atom is 0.141 e. The molecule has 2 unspecified atom stereocenters. The molecule has 0 saturated carbocycles. The van der Waals surface area contributed by atoms with Crippen LogP contribution in [0.1, 0.15) is 66.9 Å². The summed E-state index contributed by atoms with van der Waals surface area (Å²) in [5, 5.41) is 0. The molecule has 2 atom stereocenters. The first-order valence-electron chi connectivity index (χ1n) is 9.73. The van der Waals surface area contributed by atoms with Crippen LogP contribution in [-0.4, -0.2) is 18.3 Å². The van der Waals surface area contributed by atoms with E-state index in [1.54, 1.807) is 7.11 Å². The smallest absolute Gasteiger partial charge is 0.141 e. The SMILES string of the molecule is CCCCCC1c2cc(Br)cc(C)c2C(C=O)N1Cc1ccc(OC)cc1. The maximum atomic E-state index is 12.1. The number of aryl methyl sites for hydroxylation is 1. The summed E-state index contributed by atoms with van der Waals surface area (Å²) in [6.07, 6.45) is 5.80. The van der Waals surface area contributed by atoms with Crippen molar-refractivity contribution in [3.63, 3.8) is 0 Å². The Labute approximate surface area is 170 Å². The van der Waals surface area contributed by atoms with Gasteiger partial charge in [-0.15, -0.1) is 0 Å². The van der Waals surface area contributed by atoms with Gasteiger partial charge in [0.15, 0.2) is 0 Å². The van der Waals surface area contributed by atoms with Crippen LogP contribution in [0, 0.1) is 6.92 Å². The molecular weight excluding hydrogens is 402 g/mol. The lowest BCUT2D eigenvalue weighted by Gasteiger charge is -2.28. The number of carbonyl (C=O) groups is 1. The molecule has 144 valence electrons. The number of hydrogen-bond donors (Lipinski definition) is 0. The number of unbranched alkanes of at least 4 members (excludes halogenated alkanes) is 2. The third-order valence-corrected chi connectivity index (χ3v) is 5.99. The molecule has 3 rings (SSSR count). The van der Waals surface area contributed by atoms with Gasteiger partial charge in [0.05, 0.1) is 13.2 Å². The Kier molecular flexibility index (Phi) is 6.72. The molecule has 0 spiro atoms. The maximum absolute atomic E-state index is 12.1. The lowest BCUT2D eigenvalue weighted by atomic mass is 9.95. The van der Waals surface area contributed by atoms with Gasteiger partial charge in [0.25, 0.3) is 0 Å². The first-order chi connectivity index (χ1) is 13.1. The molecule has 2 aromatic rings. The van der Waals surface area contributed by atoms with E-state index in [2.05, 4.69) is 58.9 Å². The van der Waals surface area contributed by atoms with Crippen molar-refractivity contribution in [2.75, 3.05) is 7.11 Å². The topological polar surface area (TPSA) is 29.5 Å². The predicted octanol–water partition coefficient (Wildman–Crippen LogP) is 6.14. The van der Waals surface area contributed by atoms with Crippen LogP contribution in [-0.2, 0) is 11.3 Å². The molecule has 0 saturated heterocycles. The third kappa shape index (κ3) is 4.27. The van der Waals surface area contributed by atoms with Crippen LogP contribution in [0.15, 0.2) is 40.9 Å². The molecule has 4 heteroatoms. The molecule has 27 heavy (non-hydrogen) atoms. The highest BCUT2D eigenvalue weighted by atomic mass is 79.9. The van der Waals surface area contributed by atoms with Gasteiger partial charge in [0.2, 0.25) is 0 Å². The second kappa shape index (κ2) is 9.03. The van der Waals surface area contributed by atoms with Crippen LogP contribution in [0.5, 0.6) is 5.75 Å². The highest BCUT2D eigenvalue weighted by molar-refractivity contribution is 9.10. The number of hydrogen-bond acceptors (Lipinski definition) is 3. The van der Waals surface area contributed by atoms with Crippen LogP contribution in [0.3, 0.4) is 0 Å². The Bertz CT molecular complexity index is 788. The normalized spacial score (nSPS) is 19.1. The van der Waals surface area contributed by atoms with Gasteiger partial charge in [-0.3, -0.25) is 4.90 Å². The van der Waals surface area contributed by atoms with E-state index in [-0.39, 0.29) is 12.1 Å². The average molecular weight is 430 g/mol. The second-order valence-electron chi connectivity index (χ2n) is 7.34. The Hall–Kier alpha value is -1.65. The molecule has 0 aromatic heterocycles. The van der Waals surface area contributed by atoms with Crippen LogP contribution in [0.25, 0.3) is 0 Å². The Morgan fingerprint density at radius 2 is 1.93 bits per heavy atom. The number of rotatable bonds is 8. The van der Waals surface area contributed by atoms with Crippen LogP contribution >= 0.6 is 15.9 Å². The Balaban J connectivity index is 1.95. The number of ether oxygens (including phenoxy) is 1. The molecule has 0 bridgehead atoms. The van der Waals surface area contributed by atoms with Crippen LogP contribution in [0.2, 0.25) is 0 Å². The summed E-state index contributed by atoms with van der Waals surface area (Å²) in [4.78, 5) is 14.5. The van der Waals surface area contributed by atoms with Gasteiger partial charge in [-0.05, 0) is 59.9 Å². The van der Waals surface area contributed by atoms with E-state index in [0.717, 1.165) is 29.5 Å². The molecule has 0 aliphatic carbocycles. The zero-order chi connectivity index (χ0) is 19.4. The van der Waals surface area contributed by atoms with E-state index in [1.165, 1.54) is 41.5 Å². The molecule has 1 heterocycles. The molecule has 0 N–H and O–H groups in total. The van der Waals surface area contributed by atoms with Gasteiger partial charge in [-0.2, -0.15) is 0 Å². The molecule has 1 aliphatic rings. The van der Waals surface area contributed by atoms with Crippen LogP contribution < -0.4 is 4.74 Å². The van der Waals surface area contributed by atoms with Gasteiger partial charge in [-0.25, -0.2) is 0 Å². The monoisotopic (exact) mass is 429 g/mol. The third-order valence-electron chi connectivity index (χ3n) is 5.53. The second-order valence-corrected chi connectivity index (χ2v) is 8.25. The fourth-order valence-electron chi connectivity index (χ4n) is 4.20. The summed E-state index contributed by atoms with van der Waals surface area (Å²) in [7, 11) is 1.68. The highest BCUT2D eigenvalue weighted by Gasteiger charge is 2.39. The van der Waals surface area contributed by atoms with E-state index >= 15 is 0 Å². The number of fused-ring (bicyclic) bond motifs is 1. The fourth-order valence-corrected chi connectivity index (χ4v) is 4.79. The van der Waals surface area contributed by atoms with Crippen molar-refractivity contribution in [1.82, 2.24) is 4.90 Å². The summed E-state index contributed by atoms with van der Waals surface area (Å²) < 4.78 is 6.37. The molecule has 3 nitrogen and oxygen atoms in total. The lowest BCUT2D eigenvalue weighted by molar-refractivity contribution is -0.113. The minimum absolute atomic E-state index is 0.179. The first-order valence-corrected chi connectivity index (χ1v) is 10.5. The standard InChI is InChI=1S/C23H28BrNO2/c1-4-5-6-7-21-20-13-18(24)12-16(2)23(20)22(15-26)25(21)14-17-8-10-19(27-3)11-9-17/h8-13,15,21-22H,4-7,14H2,1-3H3. The Morgan fingerprint density at radius 3 is 2.56 bits per heavy atom. The van der Waals surface area contributed by atoms with Crippen molar-refractivity contribution in [2.45, 2.75) is 58.2 Å². The number of nitrogens with zero attached hydrogens (tertiary/aromatic N) is 1. The van der Waals surface area contributed by atoms with Gasteiger partial charge in [0.1, 0.15) is 12.0 Å². The zero-order valence-corrected chi connectivity index (χ0v) is 18.0. The summed E-state index contributed by atoms with van der Waals surface area (Å²) in [6.45, 7) is 5.10. The lowest BCUT2D eigenvalue weighted by Crippen LogP contribution is -2.27. The van der Waals surface area contributed by atoms with Crippen molar-refractivity contribution in [3.8, 4) is 5.75 Å². The number of halogens is 1. The average Bonchev–Trinajstić information content (AvgIpc) is 2.95.